The predicted molar refractivity (Wildman–Crippen MR) is 59.4 cm³/mol. The molecule has 5 nitrogen and oxygen atoms in total. The Labute approximate surface area is 108 Å². The van der Waals surface area contributed by atoms with Gasteiger partial charge in [-0.2, -0.15) is 21.6 Å². The summed E-state index contributed by atoms with van der Waals surface area (Å²) < 4.78 is 83.6. The smallest absolute Gasteiger partial charge is 0.262 e. The largest absolute Gasteiger partial charge is 0.523 e. The van der Waals surface area contributed by atoms with Gasteiger partial charge in [0.05, 0.1) is 17.3 Å². The van der Waals surface area contributed by atoms with Gasteiger partial charge in [0.25, 0.3) is 0 Å². The predicted octanol–water partition coefficient (Wildman–Crippen LogP) is 1.33. The number of hydrogen-bond donors (Lipinski definition) is 0. The molecule has 0 fully saturated rings. The van der Waals surface area contributed by atoms with Crippen molar-refractivity contribution in [1.82, 2.24) is 0 Å². The summed E-state index contributed by atoms with van der Waals surface area (Å²) in [7, 11) is -9.65. The van der Waals surface area contributed by atoms with E-state index in [1.54, 1.807) is 6.07 Å². The monoisotopic (exact) mass is 318 g/mol. The van der Waals surface area contributed by atoms with Crippen LogP contribution in [0.15, 0.2) is 35.2 Å². The lowest BCUT2D eigenvalue weighted by Crippen LogP contribution is -2.27. The summed E-state index contributed by atoms with van der Waals surface area (Å²) in [4.78, 5) is -0.122. The van der Waals surface area contributed by atoms with Crippen molar-refractivity contribution < 1.29 is 34.2 Å². The summed E-state index contributed by atoms with van der Waals surface area (Å²) in [6.07, 6.45) is 0. The fraction of sp³-hybridized carbons (Fsp3) is 0.333. The lowest BCUT2D eigenvalue weighted by Gasteiger charge is -2.08. The molecule has 0 aliphatic heterocycles. The fourth-order valence-electron chi connectivity index (χ4n) is 1.07. The van der Waals surface area contributed by atoms with Crippen molar-refractivity contribution >= 4 is 20.0 Å². The second kappa shape index (κ2) is 5.47. The molecule has 0 heterocycles. The highest BCUT2D eigenvalue weighted by Crippen LogP contribution is 2.24. The Morgan fingerprint density at radius 3 is 2.00 bits per heavy atom. The Kier molecular flexibility index (Phi) is 4.59. The van der Waals surface area contributed by atoms with Gasteiger partial charge < -0.3 is 0 Å². The molecular weight excluding hydrogens is 309 g/mol. The third-order valence-electron chi connectivity index (χ3n) is 1.98. The maximum absolute atomic E-state index is 11.9. The van der Waals surface area contributed by atoms with Gasteiger partial charge >= 0.3 is 15.6 Å². The molecule has 1 aromatic carbocycles. The molecule has 0 amide bonds. The first-order valence-corrected chi connectivity index (χ1v) is 7.86. The Morgan fingerprint density at radius 2 is 1.53 bits per heavy atom. The average molecular weight is 318 g/mol. The molecule has 0 radical (unpaired) electrons. The molecule has 0 bridgehead atoms. The van der Waals surface area contributed by atoms with Crippen LogP contribution in [0.25, 0.3) is 0 Å². The van der Waals surface area contributed by atoms with Crippen molar-refractivity contribution in [2.24, 2.45) is 0 Å². The van der Waals surface area contributed by atoms with E-state index in [4.69, 9.17) is 0 Å². The SMILES string of the molecule is O=S(=O)(CCOS(=O)(=O)C(F)(F)F)c1ccccc1. The normalized spacial score (nSPS) is 13.4. The summed E-state index contributed by atoms with van der Waals surface area (Å²) in [6, 6.07) is 6.91. The molecule has 108 valence electrons. The van der Waals surface area contributed by atoms with Gasteiger partial charge in [0.1, 0.15) is 0 Å². The number of rotatable bonds is 5. The number of benzene rings is 1. The third-order valence-corrected chi connectivity index (χ3v) is 4.71. The molecule has 0 spiro atoms. The van der Waals surface area contributed by atoms with Crippen LogP contribution in [0.5, 0.6) is 0 Å². The van der Waals surface area contributed by atoms with E-state index < -0.39 is 37.8 Å². The lowest BCUT2D eigenvalue weighted by atomic mass is 10.4. The first-order chi connectivity index (χ1) is 8.56. The van der Waals surface area contributed by atoms with Gasteiger partial charge in [-0.15, -0.1) is 0 Å². The summed E-state index contributed by atoms with van der Waals surface area (Å²) in [5.74, 6) is -0.869. The standard InChI is InChI=1S/C9H9F3O5S2/c10-9(11,12)19(15,16)17-6-7-18(13,14)8-4-2-1-3-5-8/h1-5H,6-7H2. The maximum atomic E-state index is 11.9. The number of halogens is 3. The van der Waals surface area contributed by atoms with E-state index in [9.17, 15) is 30.0 Å². The molecule has 10 heteroatoms. The number of sulfone groups is 1. The van der Waals surface area contributed by atoms with E-state index in [2.05, 4.69) is 4.18 Å². The van der Waals surface area contributed by atoms with Gasteiger partial charge in [-0.25, -0.2) is 8.42 Å². The van der Waals surface area contributed by atoms with Crippen LogP contribution < -0.4 is 0 Å². The first-order valence-electron chi connectivity index (χ1n) is 4.80. The molecule has 19 heavy (non-hydrogen) atoms. The van der Waals surface area contributed by atoms with E-state index >= 15 is 0 Å². The first kappa shape index (κ1) is 15.9. The van der Waals surface area contributed by atoms with Crippen molar-refractivity contribution in [3.8, 4) is 0 Å². The Bertz CT molecular complexity index is 620. The molecule has 0 aliphatic rings. The van der Waals surface area contributed by atoms with Crippen LogP contribution in [0.1, 0.15) is 0 Å². The zero-order valence-corrected chi connectivity index (χ0v) is 10.9. The average Bonchev–Trinajstić information content (AvgIpc) is 2.28. The van der Waals surface area contributed by atoms with Gasteiger partial charge in [0.15, 0.2) is 9.84 Å². The zero-order chi connectivity index (χ0) is 14.7. The van der Waals surface area contributed by atoms with E-state index in [1.807, 2.05) is 0 Å². The van der Waals surface area contributed by atoms with E-state index in [1.165, 1.54) is 24.3 Å². The van der Waals surface area contributed by atoms with Crippen molar-refractivity contribution in [1.29, 1.82) is 0 Å². The van der Waals surface area contributed by atoms with Gasteiger partial charge in [0, 0.05) is 0 Å². The lowest BCUT2D eigenvalue weighted by molar-refractivity contribution is -0.0538. The minimum absolute atomic E-state index is 0.122. The molecule has 0 N–H and O–H groups in total. The fourth-order valence-corrected chi connectivity index (χ4v) is 2.72. The Morgan fingerprint density at radius 1 is 1.00 bits per heavy atom. The quantitative estimate of drug-likeness (QED) is 0.604. The highest BCUT2D eigenvalue weighted by atomic mass is 32.2. The van der Waals surface area contributed by atoms with Crippen LogP contribution >= 0.6 is 0 Å². The van der Waals surface area contributed by atoms with E-state index in [0.29, 0.717) is 0 Å². The molecule has 0 saturated carbocycles. The molecule has 0 aliphatic carbocycles. The van der Waals surface area contributed by atoms with Crippen LogP contribution in [-0.4, -0.2) is 34.7 Å². The molecule has 0 saturated heterocycles. The summed E-state index contributed by atoms with van der Waals surface area (Å²) in [5.41, 5.74) is -5.57. The minimum Gasteiger partial charge on any atom is -0.262 e. The van der Waals surface area contributed by atoms with E-state index in [-0.39, 0.29) is 4.90 Å². The second-order valence-corrected chi connectivity index (χ2v) is 7.07. The van der Waals surface area contributed by atoms with Crippen LogP contribution in [-0.2, 0) is 24.1 Å². The molecular formula is C9H9F3O5S2. The summed E-state index contributed by atoms with van der Waals surface area (Å²) in [5, 5.41) is 0. The van der Waals surface area contributed by atoms with Crippen LogP contribution in [0.3, 0.4) is 0 Å². The molecule has 0 atom stereocenters. The molecule has 1 rings (SSSR count). The van der Waals surface area contributed by atoms with Gasteiger partial charge in [-0.05, 0) is 12.1 Å². The summed E-state index contributed by atoms with van der Waals surface area (Å²) in [6.45, 7) is -1.10. The Balaban J connectivity index is 2.70. The minimum atomic E-state index is -5.77. The Hall–Kier alpha value is -1.13. The third kappa shape index (κ3) is 4.18. The van der Waals surface area contributed by atoms with E-state index in [0.717, 1.165) is 0 Å². The summed E-state index contributed by atoms with van der Waals surface area (Å²) >= 11 is 0. The highest BCUT2D eigenvalue weighted by Gasteiger charge is 2.47. The molecule has 0 aromatic heterocycles. The maximum Gasteiger partial charge on any atom is 0.523 e. The van der Waals surface area contributed by atoms with Crippen molar-refractivity contribution in [3.63, 3.8) is 0 Å². The number of alkyl halides is 3. The van der Waals surface area contributed by atoms with Crippen molar-refractivity contribution in [2.75, 3.05) is 12.4 Å². The highest BCUT2D eigenvalue weighted by molar-refractivity contribution is 7.91. The molecule has 1 aromatic rings. The number of hydrogen-bond acceptors (Lipinski definition) is 5. The van der Waals surface area contributed by atoms with Crippen LogP contribution in [0.2, 0.25) is 0 Å². The second-order valence-electron chi connectivity index (χ2n) is 3.35. The molecule has 0 unspecified atom stereocenters. The van der Waals surface area contributed by atoms with Crippen molar-refractivity contribution in [2.45, 2.75) is 10.4 Å². The van der Waals surface area contributed by atoms with Gasteiger partial charge in [-0.1, -0.05) is 18.2 Å². The van der Waals surface area contributed by atoms with Crippen LogP contribution in [0, 0.1) is 0 Å². The topological polar surface area (TPSA) is 77.5 Å². The van der Waals surface area contributed by atoms with Crippen LogP contribution in [0.4, 0.5) is 13.2 Å². The van der Waals surface area contributed by atoms with Gasteiger partial charge in [-0.3, -0.25) is 4.18 Å². The van der Waals surface area contributed by atoms with Crippen molar-refractivity contribution in [3.05, 3.63) is 30.3 Å². The zero-order valence-electron chi connectivity index (χ0n) is 9.29. The van der Waals surface area contributed by atoms with Gasteiger partial charge in [0.2, 0.25) is 0 Å².